The summed E-state index contributed by atoms with van der Waals surface area (Å²) in [6, 6.07) is 74.7. The Labute approximate surface area is 430 Å². The molecule has 0 saturated heterocycles. The average Bonchev–Trinajstić information content (AvgIpc) is 3.34. The van der Waals surface area contributed by atoms with Crippen LogP contribution in [0.5, 0.6) is 0 Å². The van der Waals surface area contributed by atoms with Crippen LogP contribution in [0.2, 0.25) is 0 Å². The molecule has 0 unspecified atom stereocenters. The van der Waals surface area contributed by atoms with Crippen LogP contribution in [0.1, 0.15) is 105 Å². The highest BCUT2D eigenvalue weighted by Crippen LogP contribution is 2.50. The van der Waals surface area contributed by atoms with Gasteiger partial charge in [0.05, 0.1) is 0 Å². The van der Waals surface area contributed by atoms with Crippen molar-refractivity contribution in [3.63, 3.8) is 0 Å². The number of fused-ring (bicyclic) bond motifs is 2. The summed E-state index contributed by atoms with van der Waals surface area (Å²) in [5.41, 5.74) is 21.3. The average molecular weight is 939 g/mol. The molecule has 352 valence electrons. The Bertz CT molecular complexity index is 3240. The lowest BCUT2D eigenvalue weighted by Crippen LogP contribution is -2.52. The van der Waals surface area contributed by atoms with Gasteiger partial charge in [0.1, 0.15) is 0 Å². The highest BCUT2D eigenvalue weighted by atomic mass is 32.2. The molecule has 0 nitrogen and oxygen atoms in total. The molecular weight excluding hydrogens is 870 g/mol. The van der Waals surface area contributed by atoms with Crippen LogP contribution in [0.15, 0.2) is 204 Å². The van der Waals surface area contributed by atoms with E-state index in [-0.39, 0.29) is 35.1 Å². The molecular formula is C68H68B2S. The molecule has 0 atom stereocenters. The SMILES string of the molecule is CC(C)(C)c1ccc(B(c2ccc(-c3ccc4c(c3)Sc3cccc5c(-c6ccc(B(c7ccc(C(C)(C)C)cc7)c7ccc(C(C)(C)C)cc7)cc6)ccc-4c35)cc2)c2ccc(C(C)(C)C)cc2)cc1. The predicted molar refractivity (Wildman–Crippen MR) is 314 cm³/mol. The van der Waals surface area contributed by atoms with Crippen molar-refractivity contribution in [3.8, 4) is 33.4 Å². The second-order valence-corrected chi connectivity index (χ2v) is 25.3. The van der Waals surface area contributed by atoms with Crippen molar-refractivity contribution in [1.82, 2.24) is 0 Å². The second-order valence-electron chi connectivity index (χ2n) is 24.3. The quantitative estimate of drug-likeness (QED) is 0.137. The van der Waals surface area contributed by atoms with Crippen LogP contribution in [0.3, 0.4) is 0 Å². The lowest BCUT2D eigenvalue weighted by Gasteiger charge is -2.23. The fourth-order valence-corrected chi connectivity index (χ4v) is 11.8. The zero-order chi connectivity index (χ0) is 50.0. The Morgan fingerprint density at radius 3 is 0.986 bits per heavy atom. The van der Waals surface area contributed by atoms with E-state index in [0.717, 1.165) is 0 Å². The largest absolute Gasteiger partial charge is 0.241 e. The van der Waals surface area contributed by atoms with Crippen molar-refractivity contribution in [1.29, 1.82) is 0 Å². The van der Waals surface area contributed by atoms with Crippen LogP contribution >= 0.6 is 11.8 Å². The Hall–Kier alpha value is -6.28. The van der Waals surface area contributed by atoms with Crippen LogP contribution in [-0.2, 0) is 21.7 Å². The maximum absolute atomic E-state index is 2.40. The Morgan fingerprint density at radius 1 is 0.282 bits per heavy atom. The third-order valence-electron chi connectivity index (χ3n) is 15.1. The van der Waals surface area contributed by atoms with Gasteiger partial charge in [0.2, 0.25) is 13.4 Å². The maximum atomic E-state index is 2.40. The topological polar surface area (TPSA) is 0 Å². The number of hydrogen-bond donors (Lipinski definition) is 0. The van der Waals surface area contributed by atoms with Gasteiger partial charge in [-0.25, -0.2) is 0 Å². The number of hydrogen-bond acceptors (Lipinski definition) is 1. The smallest absolute Gasteiger partial charge is 0.0888 e. The summed E-state index contributed by atoms with van der Waals surface area (Å²) in [5, 5.41) is 2.64. The van der Waals surface area contributed by atoms with E-state index in [0.29, 0.717) is 0 Å². The van der Waals surface area contributed by atoms with Gasteiger partial charge in [-0.2, -0.15) is 0 Å². The van der Waals surface area contributed by atoms with E-state index >= 15 is 0 Å². The Morgan fingerprint density at radius 2 is 0.606 bits per heavy atom. The zero-order valence-electron chi connectivity index (χ0n) is 44.0. The van der Waals surface area contributed by atoms with Gasteiger partial charge in [-0.15, -0.1) is 0 Å². The molecule has 0 aromatic heterocycles. The molecule has 0 radical (unpaired) electrons. The summed E-state index contributed by atoms with van der Waals surface area (Å²) < 4.78 is 0. The van der Waals surface area contributed by atoms with Crippen molar-refractivity contribution >= 4 is 68.7 Å². The van der Waals surface area contributed by atoms with Crippen molar-refractivity contribution in [3.05, 3.63) is 216 Å². The fourth-order valence-electron chi connectivity index (χ4n) is 10.6. The molecule has 0 amide bonds. The Kier molecular flexibility index (Phi) is 12.5. The first-order valence-corrected chi connectivity index (χ1v) is 26.5. The van der Waals surface area contributed by atoms with Gasteiger partial charge in [0, 0.05) is 15.2 Å². The molecule has 1 aliphatic rings. The van der Waals surface area contributed by atoms with E-state index < -0.39 is 0 Å². The van der Waals surface area contributed by atoms with Gasteiger partial charge >= 0.3 is 0 Å². The molecule has 0 saturated carbocycles. The first-order chi connectivity index (χ1) is 33.7. The van der Waals surface area contributed by atoms with Gasteiger partial charge in [-0.1, -0.05) is 310 Å². The van der Waals surface area contributed by atoms with Gasteiger partial charge in [-0.05, 0) is 94.8 Å². The summed E-state index contributed by atoms with van der Waals surface area (Å²) in [6.07, 6.45) is 0. The van der Waals surface area contributed by atoms with Gasteiger partial charge < -0.3 is 0 Å². The zero-order valence-corrected chi connectivity index (χ0v) is 44.9. The minimum atomic E-state index is 0.103. The molecule has 0 spiro atoms. The van der Waals surface area contributed by atoms with E-state index in [4.69, 9.17) is 0 Å². The molecule has 9 aromatic carbocycles. The Balaban J connectivity index is 0.950. The summed E-state index contributed by atoms with van der Waals surface area (Å²) in [7, 11) is 0. The molecule has 0 bridgehead atoms. The van der Waals surface area contributed by atoms with Crippen LogP contribution in [-0.4, -0.2) is 13.4 Å². The number of benzene rings is 9. The van der Waals surface area contributed by atoms with E-state index in [1.165, 1.54) is 109 Å². The van der Waals surface area contributed by atoms with E-state index in [2.05, 4.69) is 277 Å². The van der Waals surface area contributed by atoms with Crippen molar-refractivity contribution in [2.75, 3.05) is 0 Å². The summed E-state index contributed by atoms with van der Waals surface area (Å²) >= 11 is 1.90. The van der Waals surface area contributed by atoms with Crippen LogP contribution in [0.4, 0.5) is 0 Å². The maximum Gasteiger partial charge on any atom is 0.241 e. The monoisotopic (exact) mass is 939 g/mol. The van der Waals surface area contributed by atoms with Crippen molar-refractivity contribution in [2.45, 2.75) is 115 Å². The first-order valence-electron chi connectivity index (χ1n) is 25.7. The molecule has 0 N–H and O–H groups in total. The van der Waals surface area contributed by atoms with Crippen molar-refractivity contribution < 1.29 is 0 Å². The van der Waals surface area contributed by atoms with Crippen LogP contribution in [0.25, 0.3) is 44.2 Å². The fraction of sp³-hybridized carbons (Fsp3) is 0.235. The standard InChI is InChI=1S/C68H68B2S/c1-65(2,3)48-21-33-54(34-22-48)69(55-35-23-49(24-36-55)66(4,5)6)52-29-16-45(17-30-52)47-20-41-59-61-43-42-58(60-14-13-15-62(64(60)61)71-63(59)44-47)46-18-31-53(32-19-46)70(56-37-25-50(26-38-56)67(7,8)9)57-39-27-51(28-40-57)68(10,11)12/h13-44H,1-12H3. The predicted octanol–water partition coefficient (Wildman–Crippen LogP) is 14.5. The molecule has 10 rings (SSSR count). The molecule has 0 fully saturated rings. The molecule has 0 aliphatic carbocycles. The third-order valence-corrected chi connectivity index (χ3v) is 16.2. The molecule has 71 heavy (non-hydrogen) atoms. The molecule has 3 heteroatoms. The van der Waals surface area contributed by atoms with Crippen LogP contribution in [0, 0.1) is 0 Å². The van der Waals surface area contributed by atoms with Gasteiger partial charge in [-0.3, -0.25) is 0 Å². The van der Waals surface area contributed by atoms with E-state index in [9.17, 15) is 0 Å². The van der Waals surface area contributed by atoms with Gasteiger partial charge in [0.15, 0.2) is 0 Å². The van der Waals surface area contributed by atoms with E-state index in [1.807, 2.05) is 11.8 Å². The van der Waals surface area contributed by atoms with Crippen LogP contribution < -0.4 is 32.8 Å². The third kappa shape index (κ3) is 9.76. The first kappa shape index (κ1) is 48.4. The molecule has 1 heterocycles. The summed E-state index contributed by atoms with van der Waals surface area (Å²) in [5.74, 6) is 0. The summed E-state index contributed by atoms with van der Waals surface area (Å²) in [4.78, 5) is 2.61. The second kappa shape index (κ2) is 18.4. The van der Waals surface area contributed by atoms with Crippen molar-refractivity contribution in [2.24, 2.45) is 0 Å². The minimum absolute atomic E-state index is 0.103. The lowest BCUT2D eigenvalue weighted by molar-refractivity contribution is 0.590. The molecule has 9 aromatic rings. The number of rotatable bonds is 8. The van der Waals surface area contributed by atoms with E-state index in [1.54, 1.807) is 0 Å². The summed E-state index contributed by atoms with van der Waals surface area (Å²) in [6.45, 7) is 27.7. The normalized spacial score (nSPS) is 12.7. The highest BCUT2D eigenvalue weighted by Gasteiger charge is 2.27. The highest BCUT2D eigenvalue weighted by molar-refractivity contribution is 7.99. The minimum Gasteiger partial charge on any atom is -0.0888 e. The van der Waals surface area contributed by atoms with Gasteiger partial charge in [0.25, 0.3) is 0 Å². The lowest BCUT2D eigenvalue weighted by atomic mass is 9.36. The molecule has 1 aliphatic heterocycles.